The highest BCUT2D eigenvalue weighted by Gasteiger charge is 2.49. The highest BCUT2D eigenvalue weighted by molar-refractivity contribution is 5.47. The highest BCUT2D eigenvalue weighted by Crippen LogP contribution is 2.53. The Morgan fingerprint density at radius 3 is 2.41 bits per heavy atom. The van der Waals surface area contributed by atoms with Gasteiger partial charge >= 0.3 is 0 Å². The summed E-state index contributed by atoms with van der Waals surface area (Å²) in [6, 6.07) is 4.62. The van der Waals surface area contributed by atoms with Crippen LogP contribution < -0.4 is 10.5 Å². The Balaban J connectivity index is 2.42. The van der Waals surface area contributed by atoms with Crippen molar-refractivity contribution in [3.05, 3.63) is 29.3 Å². The molecular weight excluding hydrogens is 224 g/mol. The van der Waals surface area contributed by atoms with Crippen LogP contribution >= 0.6 is 0 Å². The Bertz CT molecular complexity index is 414. The third-order valence-electron chi connectivity index (χ3n) is 3.67. The maximum Gasteiger partial charge on any atom is 0.263 e. The van der Waals surface area contributed by atoms with Crippen LogP contribution in [-0.2, 0) is 5.41 Å². The van der Waals surface area contributed by atoms with E-state index < -0.39 is 6.43 Å². The summed E-state index contributed by atoms with van der Waals surface area (Å²) < 4.78 is 30.4. The number of hydrogen-bond donors (Lipinski definition) is 1. The van der Waals surface area contributed by atoms with Crippen molar-refractivity contribution in [3.8, 4) is 5.75 Å². The smallest absolute Gasteiger partial charge is 0.263 e. The predicted octanol–water partition coefficient (Wildman–Crippen LogP) is 3.01. The maximum absolute atomic E-state index is 12.6. The van der Waals surface area contributed by atoms with Gasteiger partial charge in [-0.15, -0.1) is 0 Å². The lowest BCUT2D eigenvalue weighted by atomic mass is 9.88. The van der Waals surface area contributed by atoms with E-state index in [0.717, 1.165) is 18.4 Å². The molecule has 17 heavy (non-hydrogen) atoms. The van der Waals surface area contributed by atoms with E-state index in [0.29, 0.717) is 5.75 Å². The minimum atomic E-state index is -2.47. The Hall–Kier alpha value is -1.16. The van der Waals surface area contributed by atoms with E-state index in [4.69, 9.17) is 10.5 Å². The van der Waals surface area contributed by atoms with Crippen molar-refractivity contribution in [2.45, 2.75) is 37.6 Å². The molecule has 2 N–H and O–H groups in total. The van der Waals surface area contributed by atoms with Gasteiger partial charge < -0.3 is 10.5 Å². The van der Waals surface area contributed by atoms with E-state index >= 15 is 0 Å². The molecule has 0 aliphatic heterocycles. The molecule has 0 radical (unpaired) electrons. The third kappa shape index (κ3) is 2.02. The zero-order valence-electron chi connectivity index (χ0n) is 10.0. The third-order valence-corrected chi connectivity index (χ3v) is 3.67. The van der Waals surface area contributed by atoms with Crippen LogP contribution in [0.2, 0.25) is 0 Å². The van der Waals surface area contributed by atoms with Gasteiger partial charge in [0.2, 0.25) is 0 Å². The van der Waals surface area contributed by atoms with Crippen LogP contribution in [0.25, 0.3) is 0 Å². The van der Waals surface area contributed by atoms with Crippen molar-refractivity contribution in [3.63, 3.8) is 0 Å². The molecule has 0 bridgehead atoms. The average Bonchev–Trinajstić information content (AvgIpc) is 3.09. The number of hydrogen-bond acceptors (Lipinski definition) is 2. The summed E-state index contributed by atoms with van der Waals surface area (Å²) in [5.41, 5.74) is 6.85. The lowest BCUT2D eigenvalue weighted by molar-refractivity contribution is 0.151. The molecule has 1 aliphatic rings. The fraction of sp³-hybridized carbons (Fsp3) is 0.538. The molecule has 1 atom stereocenters. The first-order valence-corrected chi connectivity index (χ1v) is 5.73. The standard InChI is InChI=1S/C13H17F2NO/c1-8(16)13(5-6-13)10-4-3-9(12(14)15)7-11(10)17-2/h3-4,7-8,12H,5-6,16H2,1-2H3. The quantitative estimate of drug-likeness (QED) is 0.879. The van der Waals surface area contributed by atoms with Crippen LogP contribution in [0.1, 0.15) is 37.3 Å². The summed E-state index contributed by atoms with van der Waals surface area (Å²) in [5, 5.41) is 0. The molecule has 2 nitrogen and oxygen atoms in total. The number of benzene rings is 1. The fourth-order valence-electron chi connectivity index (χ4n) is 2.36. The van der Waals surface area contributed by atoms with Crippen molar-refractivity contribution in [1.29, 1.82) is 0 Å². The van der Waals surface area contributed by atoms with Crippen molar-refractivity contribution in [1.82, 2.24) is 0 Å². The van der Waals surface area contributed by atoms with E-state index in [9.17, 15) is 8.78 Å². The number of nitrogens with two attached hydrogens (primary N) is 1. The molecule has 1 aliphatic carbocycles. The first-order chi connectivity index (χ1) is 8.01. The van der Waals surface area contributed by atoms with Crippen molar-refractivity contribution in [2.24, 2.45) is 5.73 Å². The van der Waals surface area contributed by atoms with E-state index in [-0.39, 0.29) is 17.0 Å². The van der Waals surface area contributed by atoms with Gasteiger partial charge in [0.05, 0.1) is 7.11 Å². The number of alkyl halides is 2. The summed E-state index contributed by atoms with van der Waals surface area (Å²) in [7, 11) is 1.51. The Kier molecular flexibility index (Phi) is 3.08. The number of rotatable bonds is 4. The lowest BCUT2D eigenvalue weighted by Gasteiger charge is -2.23. The average molecular weight is 241 g/mol. The van der Waals surface area contributed by atoms with Crippen molar-refractivity contribution < 1.29 is 13.5 Å². The number of ether oxygens (including phenoxy) is 1. The monoisotopic (exact) mass is 241 g/mol. The summed E-state index contributed by atoms with van der Waals surface area (Å²) in [5.74, 6) is 0.526. The topological polar surface area (TPSA) is 35.2 Å². The Labute approximate surface area is 99.8 Å². The van der Waals surface area contributed by atoms with Gasteiger partial charge in [0.25, 0.3) is 6.43 Å². The maximum atomic E-state index is 12.6. The molecular formula is C13H17F2NO. The molecule has 2 rings (SSSR count). The van der Waals surface area contributed by atoms with Gasteiger partial charge in [0.15, 0.2) is 0 Å². The predicted molar refractivity (Wildman–Crippen MR) is 62.5 cm³/mol. The second-order valence-corrected chi connectivity index (χ2v) is 4.71. The zero-order valence-corrected chi connectivity index (χ0v) is 10.0. The van der Waals surface area contributed by atoms with Crippen molar-refractivity contribution in [2.75, 3.05) is 7.11 Å². The molecule has 0 amide bonds. The number of methoxy groups -OCH3 is 1. The fourth-order valence-corrected chi connectivity index (χ4v) is 2.36. The first kappa shape index (κ1) is 12.3. The molecule has 0 aromatic heterocycles. The van der Waals surface area contributed by atoms with Gasteiger partial charge in [-0.3, -0.25) is 0 Å². The highest BCUT2D eigenvalue weighted by atomic mass is 19.3. The first-order valence-electron chi connectivity index (χ1n) is 5.73. The molecule has 94 valence electrons. The van der Waals surface area contributed by atoms with Gasteiger partial charge in [0, 0.05) is 22.6 Å². The van der Waals surface area contributed by atoms with Crippen LogP contribution in [-0.4, -0.2) is 13.2 Å². The molecule has 1 aromatic carbocycles. The van der Waals surface area contributed by atoms with Gasteiger partial charge in [-0.1, -0.05) is 12.1 Å². The SMILES string of the molecule is COc1cc(C(F)F)ccc1C1(C(C)N)CC1. The van der Waals surface area contributed by atoms with Gasteiger partial charge in [-0.25, -0.2) is 8.78 Å². The molecule has 1 aromatic rings. The lowest BCUT2D eigenvalue weighted by Crippen LogP contribution is -2.31. The molecule has 0 heterocycles. The van der Waals surface area contributed by atoms with E-state index in [1.807, 2.05) is 6.92 Å². The van der Waals surface area contributed by atoms with Crippen LogP contribution in [0.4, 0.5) is 8.78 Å². The Morgan fingerprint density at radius 2 is 2.00 bits per heavy atom. The molecule has 1 fully saturated rings. The van der Waals surface area contributed by atoms with Gasteiger partial charge in [0.1, 0.15) is 5.75 Å². The van der Waals surface area contributed by atoms with E-state index in [1.165, 1.54) is 19.2 Å². The minimum Gasteiger partial charge on any atom is -0.496 e. The number of halogens is 2. The summed E-state index contributed by atoms with van der Waals surface area (Å²) in [6.45, 7) is 1.95. The molecule has 4 heteroatoms. The zero-order chi connectivity index (χ0) is 12.6. The second kappa shape index (κ2) is 4.26. The van der Waals surface area contributed by atoms with Crippen LogP contribution in [0, 0.1) is 0 Å². The van der Waals surface area contributed by atoms with E-state index in [2.05, 4.69) is 0 Å². The molecule has 1 saturated carbocycles. The van der Waals surface area contributed by atoms with Gasteiger partial charge in [-0.05, 0) is 25.8 Å². The molecule has 0 spiro atoms. The summed E-state index contributed by atoms with van der Waals surface area (Å²) in [6.07, 6.45) is -0.479. The molecule has 1 unspecified atom stereocenters. The van der Waals surface area contributed by atoms with E-state index in [1.54, 1.807) is 6.07 Å². The Morgan fingerprint density at radius 1 is 1.35 bits per heavy atom. The van der Waals surface area contributed by atoms with Crippen LogP contribution in [0.3, 0.4) is 0 Å². The second-order valence-electron chi connectivity index (χ2n) is 4.71. The van der Waals surface area contributed by atoms with Crippen LogP contribution in [0.5, 0.6) is 5.75 Å². The molecule has 0 saturated heterocycles. The van der Waals surface area contributed by atoms with Crippen LogP contribution in [0.15, 0.2) is 18.2 Å². The van der Waals surface area contributed by atoms with Gasteiger partial charge in [-0.2, -0.15) is 0 Å². The minimum absolute atomic E-state index is 0.00815. The largest absolute Gasteiger partial charge is 0.496 e. The normalized spacial score (nSPS) is 19.2. The van der Waals surface area contributed by atoms with Crippen molar-refractivity contribution >= 4 is 0 Å². The summed E-state index contributed by atoms with van der Waals surface area (Å²) >= 11 is 0. The summed E-state index contributed by atoms with van der Waals surface area (Å²) in [4.78, 5) is 0.